The van der Waals surface area contributed by atoms with E-state index in [1.54, 1.807) is 30.0 Å². The van der Waals surface area contributed by atoms with Crippen LogP contribution < -0.4 is 0 Å². The zero-order valence-electron chi connectivity index (χ0n) is 11.5. The second-order valence-electron chi connectivity index (χ2n) is 5.34. The van der Waals surface area contributed by atoms with Crippen LogP contribution in [0.1, 0.15) is 17.4 Å². The highest BCUT2D eigenvalue weighted by Crippen LogP contribution is 2.22. The van der Waals surface area contributed by atoms with E-state index < -0.39 is 15.1 Å². The number of sulfone groups is 1. The number of nitrogens with one attached hydrogen (secondary N) is 1. The van der Waals surface area contributed by atoms with Crippen LogP contribution in [0.25, 0.3) is 10.9 Å². The van der Waals surface area contributed by atoms with Gasteiger partial charge in [-0.15, -0.1) is 0 Å². The molecule has 5 nitrogen and oxygen atoms in total. The molecule has 1 amide bonds. The maximum Gasteiger partial charge on any atom is 0.270 e. The Morgan fingerprint density at radius 3 is 2.86 bits per heavy atom. The Morgan fingerprint density at radius 1 is 1.38 bits per heavy atom. The highest BCUT2D eigenvalue weighted by molar-refractivity contribution is 7.92. The minimum Gasteiger partial charge on any atom is -0.350 e. The Bertz CT molecular complexity index is 813. The zero-order chi connectivity index (χ0) is 15.2. The molecule has 0 bridgehead atoms. The van der Waals surface area contributed by atoms with Crippen LogP contribution in [0.3, 0.4) is 0 Å². The van der Waals surface area contributed by atoms with E-state index in [-0.39, 0.29) is 24.7 Å². The summed E-state index contributed by atoms with van der Waals surface area (Å²) in [4.78, 5) is 17.1. The number of hydrogen-bond acceptors (Lipinski definition) is 3. The average molecular weight is 327 g/mol. The Labute approximate surface area is 127 Å². The number of benzene rings is 1. The first-order chi connectivity index (χ1) is 9.87. The molecule has 0 aliphatic carbocycles. The zero-order valence-corrected chi connectivity index (χ0v) is 13.0. The van der Waals surface area contributed by atoms with E-state index in [0.717, 1.165) is 10.9 Å². The van der Waals surface area contributed by atoms with Crippen LogP contribution in [0.15, 0.2) is 24.3 Å². The van der Waals surface area contributed by atoms with Gasteiger partial charge in [0.15, 0.2) is 9.84 Å². The van der Waals surface area contributed by atoms with Crippen LogP contribution in [0.2, 0.25) is 5.02 Å². The second-order valence-corrected chi connectivity index (χ2v) is 8.32. The molecule has 0 spiro atoms. The third-order valence-electron chi connectivity index (χ3n) is 3.84. The first-order valence-corrected chi connectivity index (χ1v) is 8.75. The van der Waals surface area contributed by atoms with Gasteiger partial charge in [0.1, 0.15) is 5.69 Å². The molecule has 1 aliphatic heterocycles. The summed E-state index contributed by atoms with van der Waals surface area (Å²) in [6.07, 6.45) is 0. The molecule has 112 valence electrons. The SMILES string of the molecule is CC1CN(C(=O)c2cc3ccc(Cl)cc3[nH]2)CCS1(=O)=O. The molecule has 7 heteroatoms. The Balaban J connectivity index is 1.87. The van der Waals surface area contributed by atoms with Crippen molar-refractivity contribution < 1.29 is 13.2 Å². The topological polar surface area (TPSA) is 70.2 Å². The van der Waals surface area contributed by atoms with Gasteiger partial charge in [-0.2, -0.15) is 0 Å². The number of halogens is 1. The van der Waals surface area contributed by atoms with Gasteiger partial charge in [0.25, 0.3) is 5.91 Å². The molecular formula is C14H15ClN2O3S. The first kappa shape index (κ1) is 14.4. The molecule has 1 fully saturated rings. The maximum absolute atomic E-state index is 12.5. The molecule has 3 rings (SSSR count). The molecule has 1 N–H and O–H groups in total. The monoisotopic (exact) mass is 326 g/mol. The fourth-order valence-corrected chi connectivity index (χ4v) is 3.98. The normalized spacial score (nSPS) is 21.6. The number of fused-ring (bicyclic) bond motifs is 1. The Morgan fingerprint density at radius 2 is 2.14 bits per heavy atom. The summed E-state index contributed by atoms with van der Waals surface area (Å²) in [7, 11) is -3.06. The summed E-state index contributed by atoms with van der Waals surface area (Å²) in [5.74, 6) is -0.157. The molecule has 0 saturated carbocycles. The third-order valence-corrected chi connectivity index (χ3v) is 6.20. The molecule has 1 aliphatic rings. The van der Waals surface area contributed by atoms with Gasteiger partial charge in [0.2, 0.25) is 0 Å². The van der Waals surface area contributed by atoms with Gasteiger partial charge >= 0.3 is 0 Å². The summed E-state index contributed by atoms with van der Waals surface area (Å²) in [5.41, 5.74) is 1.25. The van der Waals surface area contributed by atoms with Crippen LogP contribution in [-0.2, 0) is 9.84 Å². The average Bonchev–Trinajstić information content (AvgIpc) is 2.84. The number of nitrogens with zero attached hydrogens (tertiary/aromatic N) is 1. The van der Waals surface area contributed by atoms with E-state index in [1.807, 2.05) is 6.07 Å². The van der Waals surface area contributed by atoms with Crippen molar-refractivity contribution in [1.82, 2.24) is 9.88 Å². The van der Waals surface area contributed by atoms with E-state index in [9.17, 15) is 13.2 Å². The summed E-state index contributed by atoms with van der Waals surface area (Å²) >= 11 is 5.92. The molecule has 0 radical (unpaired) electrons. The summed E-state index contributed by atoms with van der Waals surface area (Å²) in [5, 5.41) is 0.982. The predicted octanol–water partition coefficient (Wildman–Crippen LogP) is 2.08. The quantitative estimate of drug-likeness (QED) is 0.872. The van der Waals surface area contributed by atoms with Crippen LogP contribution in [0.4, 0.5) is 0 Å². The number of rotatable bonds is 1. The lowest BCUT2D eigenvalue weighted by Gasteiger charge is -2.30. The van der Waals surface area contributed by atoms with E-state index in [2.05, 4.69) is 4.98 Å². The van der Waals surface area contributed by atoms with Gasteiger partial charge in [0.05, 0.1) is 11.0 Å². The molecule has 1 atom stereocenters. The van der Waals surface area contributed by atoms with Crippen molar-refractivity contribution in [3.63, 3.8) is 0 Å². The number of carbonyl (C=O) groups is 1. The minimum atomic E-state index is -3.06. The second kappa shape index (κ2) is 5.03. The van der Waals surface area contributed by atoms with E-state index in [4.69, 9.17) is 11.6 Å². The lowest BCUT2D eigenvalue weighted by atomic mass is 10.2. The summed E-state index contributed by atoms with van der Waals surface area (Å²) in [6, 6.07) is 7.13. The fourth-order valence-electron chi connectivity index (χ4n) is 2.52. The van der Waals surface area contributed by atoms with E-state index >= 15 is 0 Å². The van der Waals surface area contributed by atoms with Crippen LogP contribution >= 0.6 is 11.6 Å². The van der Waals surface area contributed by atoms with Gasteiger partial charge in [-0.3, -0.25) is 4.79 Å². The molecule has 2 aromatic rings. The van der Waals surface area contributed by atoms with Gasteiger partial charge in [-0.1, -0.05) is 17.7 Å². The highest BCUT2D eigenvalue weighted by atomic mass is 35.5. The maximum atomic E-state index is 12.5. The first-order valence-electron chi connectivity index (χ1n) is 6.66. The number of hydrogen-bond donors (Lipinski definition) is 1. The summed E-state index contributed by atoms with van der Waals surface area (Å²) < 4.78 is 23.4. The molecule has 1 saturated heterocycles. The molecule has 2 heterocycles. The van der Waals surface area contributed by atoms with E-state index in [0.29, 0.717) is 10.7 Å². The van der Waals surface area contributed by atoms with Crippen molar-refractivity contribution in [2.45, 2.75) is 12.2 Å². The van der Waals surface area contributed by atoms with Crippen molar-refractivity contribution in [2.75, 3.05) is 18.8 Å². The Hall–Kier alpha value is -1.53. The van der Waals surface area contributed by atoms with Crippen molar-refractivity contribution in [3.05, 3.63) is 35.0 Å². The third kappa shape index (κ3) is 2.65. The van der Waals surface area contributed by atoms with Gasteiger partial charge < -0.3 is 9.88 Å². The number of aromatic nitrogens is 1. The van der Waals surface area contributed by atoms with Gasteiger partial charge in [-0.25, -0.2) is 8.42 Å². The standard InChI is InChI=1S/C14H15ClN2O3S/c1-9-8-17(4-5-21(9,19)20)14(18)13-6-10-2-3-11(15)7-12(10)16-13/h2-3,6-7,9,16H,4-5,8H2,1H3. The molecule has 21 heavy (non-hydrogen) atoms. The fraction of sp³-hybridized carbons (Fsp3) is 0.357. The molecule has 1 aromatic heterocycles. The smallest absolute Gasteiger partial charge is 0.270 e. The molecule has 1 unspecified atom stereocenters. The van der Waals surface area contributed by atoms with Gasteiger partial charge in [0, 0.05) is 29.0 Å². The number of amides is 1. The van der Waals surface area contributed by atoms with Crippen LogP contribution in [-0.4, -0.2) is 48.3 Å². The summed E-state index contributed by atoms with van der Waals surface area (Å²) in [6.45, 7) is 2.11. The van der Waals surface area contributed by atoms with Crippen molar-refractivity contribution >= 4 is 38.2 Å². The molecule has 1 aromatic carbocycles. The van der Waals surface area contributed by atoms with Crippen molar-refractivity contribution in [1.29, 1.82) is 0 Å². The number of carbonyl (C=O) groups excluding carboxylic acids is 1. The predicted molar refractivity (Wildman–Crippen MR) is 82.5 cm³/mol. The van der Waals surface area contributed by atoms with Gasteiger partial charge in [-0.05, 0) is 25.1 Å². The van der Waals surface area contributed by atoms with Crippen molar-refractivity contribution in [3.8, 4) is 0 Å². The number of H-pyrrole nitrogens is 1. The lowest BCUT2D eigenvalue weighted by Crippen LogP contribution is -2.48. The Kier molecular flexibility index (Phi) is 3.45. The molecular weight excluding hydrogens is 312 g/mol. The largest absolute Gasteiger partial charge is 0.350 e. The highest BCUT2D eigenvalue weighted by Gasteiger charge is 2.32. The van der Waals surface area contributed by atoms with Crippen molar-refractivity contribution in [2.24, 2.45) is 0 Å². The van der Waals surface area contributed by atoms with E-state index in [1.165, 1.54) is 0 Å². The minimum absolute atomic E-state index is 0.0198. The number of aromatic amines is 1. The van der Waals surface area contributed by atoms with Crippen LogP contribution in [0.5, 0.6) is 0 Å². The lowest BCUT2D eigenvalue weighted by molar-refractivity contribution is 0.0755. The van der Waals surface area contributed by atoms with Crippen LogP contribution in [0, 0.1) is 0 Å².